The molecule has 1 atom stereocenters. The Kier molecular flexibility index (Phi) is 2.86. The summed E-state index contributed by atoms with van der Waals surface area (Å²) in [5.41, 5.74) is 7.78. The minimum absolute atomic E-state index is 0.245. The van der Waals surface area contributed by atoms with Crippen LogP contribution < -0.4 is 5.73 Å². The van der Waals surface area contributed by atoms with Gasteiger partial charge in [0.25, 0.3) is 0 Å². The molecule has 0 saturated heterocycles. The molecular weight excluding hydrogens is 241 g/mol. The Morgan fingerprint density at radius 1 is 1.47 bits per heavy atom. The van der Waals surface area contributed by atoms with Gasteiger partial charge >= 0.3 is 0 Å². The van der Waals surface area contributed by atoms with Gasteiger partial charge in [-0.05, 0) is 44.2 Å². The summed E-state index contributed by atoms with van der Waals surface area (Å²) in [6, 6.07) is 4.79. The highest BCUT2D eigenvalue weighted by Crippen LogP contribution is 2.44. The van der Waals surface area contributed by atoms with E-state index in [1.165, 1.54) is 12.1 Å². The summed E-state index contributed by atoms with van der Waals surface area (Å²) in [5, 5.41) is 0. The van der Waals surface area contributed by atoms with Crippen LogP contribution in [-0.2, 0) is 12.1 Å². The molecule has 1 fully saturated rings. The van der Waals surface area contributed by atoms with Crippen LogP contribution in [0.2, 0.25) is 0 Å². The van der Waals surface area contributed by atoms with Crippen molar-refractivity contribution in [1.82, 2.24) is 9.55 Å². The third-order valence-corrected chi connectivity index (χ3v) is 4.06. The van der Waals surface area contributed by atoms with E-state index in [9.17, 15) is 4.39 Å². The van der Waals surface area contributed by atoms with Gasteiger partial charge < -0.3 is 10.3 Å². The van der Waals surface area contributed by atoms with Crippen molar-refractivity contribution in [3.63, 3.8) is 0 Å². The zero-order valence-corrected chi connectivity index (χ0v) is 11.5. The summed E-state index contributed by atoms with van der Waals surface area (Å²) in [4.78, 5) is 4.62. The fraction of sp³-hybridized carbons (Fsp3) is 0.533. The molecule has 0 aliphatic heterocycles. The third-order valence-electron chi connectivity index (χ3n) is 4.06. The third kappa shape index (κ3) is 2.04. The van der Waals surface area contributed by atoms with Gasteiger partial charge in [0.2, 0.25) is 0 Å². The molecule has 1 aliphatic rings. The van der Waals surface area contributed by atoms with Gasteiger partial charge in [-0.15, -0.1) is 0 Å². The molecule has 3 nitrogen and oxygen atoms in total. The van der Waals surface area contributed by atoms with Gasteiger partial charge in [0.15, 0.2) is 0 Å². The van der Waals surface area contributed by atoms with Crippen molar-refractivity contribution in [3.05, 3.63) is 29.8 Å². The molecule has 1 aromatic heterocycles. The van der Waals surface area contributed by atoms with Gasteiger partial charge in [-0.1, -0.05) is 6.92 Å². The van der Waals surface area contributed by atoms with Gasteiger partial charge in [-0.2, -0.15) is 0 Å². The first kappa shape index (κ1) is 12.6. The monoisotopic (exact) mass is 261 g/mol. The van der Waals surface area contributed by atoms with Crippen LogP contribution in [0.15, 0.2) is 18.2 Å². The number of aryl methyl sites for hydroxylation is 1. The Labute approximate surface area is 112 Å². The van der Waals surface area contributed by atoms with E-state index in [4.69, 9.17) is 5.73 Å². The molecule has 0 amide bonds. The highest BCUT2D eigenvalue weighted by Gasteiger charge is 2.43. The number of benzene rings is 1. The Bertz CT molecular complexity index is 611. The first-order chi connectivity index (χ1) is 9.04. The average Bonchev–Trinajstić information content (AvgIpc) is 3.14. The van der Waals surface area contributed by atoms with E-state index in [1.54, 1.807) is 6.07 Å². The number of fused-ring (bicyclic) bond motifs is 1. The van der Waals surface area contributed by atoms with Crippen LogP contribution >= 0.6 is 0 Å². The summed E-state index contributed by atoms with van der Waals surface area (Å²) in [5.74, 6) is 1.16. The van der Waals surface area contributed by atoms with Crippen molar-refractivity contribution in [1.29, 1.82) is 0 Å². The number of nitrogens with two attached hydrogens (primary N) is 1. The number of nitrogens with zero attached hydrogens (tertiary/aromatic N) is 2. The lowest BCUT2D eigenvalue weighted by molar-refractivity contribution is 0.382. The smallest absolute Gasteiger partial charge is 0.130 e. The molecule has 1 aliphatic carbocycles. The van der Waals surface area contributed by atoms with Crippen molar-refractivity contribution in [2.75, 3.05) is 0 Å². The Hall–Kier alpha value is -1.42. The van der Waals surface area contributed by atoms with Gasteiger partial charge in [-0.25, -0.2) is 9.37 Å². The van der Waals surface area contributed by atoms with Crippen LogP contribution in [0, 0.1) is 11.7 Å². The highest BCUT2D eigenvalue weighted by atomic mass is 19.1. The molecule has 2 N–H and O–H groups in total. The van der Waals surface area contributed by atoms with Gasteiger partial charge in [-0.3, -0.25) is 0 Å². The summed E-state index contributed by atoms with van der Waals surface area (Å²) >= 11 is 0. The molecule has 2 aromatic rings. The van der Waals surface area contributed by atoms with Crippen molar-refractivity contribution >= 4 is 11.0 Å². The maximum absolute atomic E-state index is 13.4. The van der Waals surface area contributed by atoms with E-state index in [0.717, 1.165) is 37.1 Å². The molecule has 19 heavy (non-hydrogen) atoms. The van der Waals surface area contributed by atoms with Crippen molar-refractivity contribution in [2.24, 2.45) is 11.7 Å². The second-order valence-corrected chi connectivity index (χ2v) is 5.78. The Morgan fingerprint density at radius 3 is 2.84 bits per heavy atom. The molecule has 0 spiro atoms. The number of hydrogen-bond donors (Lipinski definition) is 1. The Balaban J connectivity index is 2.19. The number of imidazole rings is 1. The predicted molar refractivity (Wildman–Crippen MR) is 74.2 cm³/mol. The molecular formula is C15H20FN3. The maximum Gasteiger partial charge on any atom is 0.130 e. The van der Waals surface area contributed by atoms with Crippen molar-refractivity contribution in [2.45, 2.75) is 45.2 Å². The molecule has 102 valence electrons. The van der Waals surface area contributed by atoms with E-state index >= 15 is 0 Å². The molecule has 3 rings (SSSR count). The van der Waals surface area contributed by atoms with E-state index in [1.807, 2.05) is 6.92 Å². The highest BCUT2D eigenvalue weighted by molar-refractivity contribution is 5.76. The van der Waals surface area contributed by atoms with Crippen LogP contribution in [0.1, 0.15) is 38.9 Å². The minimum atomic E-state index is -0.412. The SMILES string of the molecule is CCCn1c(C(C)(N)C2CC2)nc2cc(F)ccc21. The van der Waals surface area contributed by atoms with E-state index in [2.05, 4.69) is 16.5 Å². The van der Waals surface area contributed by atoms with Crippen molar-refractivity contribution in [3.8, 4) is 0 Å². The van der Waals surface area contributed by atoms with Crippen LogP contribution in [0.4, 0.5) is 4.39 Å². The van der Waals surface area contributed by atoms with Crippen LogP contribution in [0.3, 0.4) is 0 Å². The standard InChI is InChI=1S/C15H20FN3/c1-3-8-19-13-7-6-11(16)9-12(13)18-14(19)15(2,17)10-4-5-10/h6-7,9-10H,3-5,8,17H2,1-2H3. The summed E-state index contributed by atoms with van der Waals surface area (Å²) in [6.07, 6.45) is 3.34. The zero-order chi connectivity index (χ0) is 13.6. The lowest BCUT2D eigenvalue weighted by atomic mass is 9.96. The topological polar surface area (TPSA) is 43.8 Å². The largest absolute Gasteiger partial charge is 0.326 e. The predicted octanol–water partition coefficient (Wildman–Crippen LogP) is 3.17. The quantitative estimate of drug-likeness (QED) is 0.918. The van der Waals surface area contributed by atoms with E-state index < -0.39 is 5.54 Å². The van der Waals surface area contributed by atoms with Crippen molar-refractivity contribution < 1.29 is 4.39 Å². The average molecular weight is 261 g/mol. The molecule has 4 heteroatoms. The van der Waals surface area contributed by atoms with Gasteiger partial charge in [0.05, 0.1) is 16.6 Å². The van der Waals surface area contributed by atoms with Crippen LogP contribution in [-0.4, -0.2) is 9.55 Å². The van der Waals surface area contributed by atoms with E-state index in [-0.39, 0.29) is 5.82 Å². The molecule has 1 heterocycles. The maximum atomic E-state index is 13.4. The fourth-order valence-corrected chi connectivity index (χ4v) is 2.83. The van der Waals surface area contributed by atoms with Crippen LogP contribution in [0.25, 0.3) is 11.0 Å². The molecule has 0 bridgehead atoms. The van der Waals surface area contributed by atoms with Crippen LogP contribution in [0.5, 0.6) is 0 Å². The first-order valence-electron chi connectivity index (χ1n) is 6.99. The number of hydrogen-bond acceptors (Lipinski definition) is 2. The minimum Gasteiger partial charge on any atom is -0.326 e. The van der Waals surface area contributed by atoms with E-state index in [0.29, 0.717) is 11.4 Å². The summed E-state index contributed by atoms with van der Waals surface area (Å²) in [6.45, 7) is 5.05. The number of halogens is 1. The molecule has 1 aromatic carbocycles. The van der Waals surface area contributed by atoms with Gasteiger partial charge in [0.1, 0.15) is 11.6 Å². The number of rotatable bonds is 4. The summed E-state index contributed by atoms with van der Waals surface area (Å²) < 4.78 is 15.5. The number of aromatic nitrogens is 2. The lowest BCUT2D eigenvalue weighted by Crippen LogP contribution is -2.38. The molecule has 0 radical (unpaired) electrons. The summed E-state index contributed by atoms with van der Waals surface area (Å²) in [7, 11) is 0. The normalized spacial score (nSPS) is 18.7. The second kappa shape index (κ2) is 4.30. The Morgan fingerprint density at radius 2 is 2.21 bits per heavy atom. The second-order valence-electron chi connectivity index (χ2n) is 5.78. The van der Waals surface area contributed by atoms with Gasteiger partial charge in [0, 0.05) is 12.6 Å². The zero-order valence-electron chi connectivity index (χ0n) is 11.5. The first-order valence-corrected chi connectivity index (χ1v) is 6.99. The fourth-order valence-electron chi connectivity index (χ4n) is 2.83. The molecule has 1 unspecified atom stereocenters. The lowest BCUT2D eigenvalue weighted by Gasteiger charge is -2.25. The molecule has 1 saturated carbocycles.